The van der Waals surface area contributed by atoms with Gasteiger partial charge in [0.25, 0.3) is 0 Å². The fourth-order valence-corrected chi connectivity index (χ4v) is 22.1. The minimum Gasteiger partial charge on any atom is -0.393 e. The van der Waals surface area contributed by atoms with Crippen molar-refractivity contribution in [1.82, 2.24) is 10.6 Å². The van der Waals surface area contributed by atoms with E-state index < -0.39 is 0 Å². The smallest absolute Gasteiger partial charge is 0.226 e. The second-order valence-corrected chi connectivity index (χ2v) is 31.4. The summed E-state index contributed by atoms with van der Waals surface area (Å²) in [4.78, 5) is 30.0. The van der Waals surface area contributed by atoms with Crippen LogP contribution in [-0.2, 0) is 9.59 Å². The van der Waals surface area contributed by atoms with Crippen molar-refractivity contribution in [2.24, 2.45) is 100 Å². The maximum Gasteiger partial charge on any atom is 0.226 e. The van der Waals surface area contributed by atoms with Crippen LogP contribution in [0, 0.1) is 100 Å². The lowest BCUT2D eigenvalue weighted by Gasteiger charge is -2.71. The van der Waals surface area contributed by atoms with E-state index >= 15 is 9.59 Å². The van der Waals surface area contributed by atoms with Crippen LogP contribution >= 0.6 is 0 Å². The summed E-state index contributed by atoms with van der Waals surface area (Å²) in [6.45, 7) is 36.1. The number of hydrogen-bond acceptors (Lipinski definition) is 4. The molecule has 16 atom stereocenters. The Morgan fingerprint density at radius 3 is 1.22 bits per heavy atom. The van der Waals surface area contributed by atoms with E-state index in [1.807, 2.05) is 0 Å². The van der Waals surface area contributed by atoms with Crippen LogP contribution in [0.5, 0.6) is 0 Å². The molecule has 10 aliphatic rings. The predicted molar refractivity (Wildman–Crippen MR) is 281 cm³/mol. The Balaban J connectivity index is 0.831. The molecule has 6 nitrogen and oxygen atoms in total. The number of fused-ring (bicyclic) bond motifs is 14. The van der Waals surface area contributed by atoms with Gasteiger partial charge >= 0.3 is 0 Å². The maximum atomic E-state index is 15.0. The van der Waals surface area contributed by atoms with E-state index in [4.69, 9.17) is 0 Å². The molecule has 0 saturated heterocycles. The van der Waals surface area contributed by atoms with Gasteiger partial charge in [-0.05, 0) is 224 Å². The van der Waals surface area contributed by atoms with Gasteiger partial charge in [-0.25, -0.2) is 0 Å². The Kier molecular flexibility index (Phi) is 11.7. The third kappa shape index (κ3) is 6.84. The molecule has 4 N–H and O–H groups in total. The summed E-state index contributed by atoms with van der Waals surface area (Å²) in [5.74, 6) is 3.33. The zero-order chi connectivity index (χ0) is 50.0. The second kappa shape index (κ2) is 15.9. The molecular formula is C63H102N2O4. The number of hydrogen-bond donors (Lipinski definition) is 4. The molecule has 10 rings (SSSR count). The minimum atomic E-state index is -0.365. The molecule has 0 heterocycles. The number of aliphatic hydroxyl groups is 2. The number of nitrogens with one attached hydrogen (secondary N) is 2. The third-order valence-electron chi connectivity index (χ3n) is 27.1. The number of allylic oxidation sites excluding steroid dienone is 4. The van der Waals surface area contributed by atoms with E-state index in [-0.39, 0.29) is 101 Å². The van der Waals surface area contributed by atoms with Crippen LogP contribution in [0.1, 0.15) is 232 Å². The number of aliphatic hydroxyl groups excluding tert-OH is 2. The number of carbonyl (C=O) groups excluding carboxylic acids is 2. The van der Waals surface area contributed by atoms with Crippen LogP contribution in [0.2, 0.25) is 0 Å². The summed E-state index contributed by atoms with van der Waals surface area (Å²) in [5.41, 5.74) is 3.71. The highest BCUT2D eigenvalue weighted by Gasteiger charge is 2.71. The number of carbonyl (C=O) groups is 2. The van der Waals surface area contributed by atoms with Gasteiger partial charge in [0, 0.05) is 13.1 Å². The Hall–Kier alpha value is -1.66. The average molecular weight is 952 g/mol. The van der Waals surface area contributed by atoms with Crippen molar-refractivity contribution in [2.75, 3.05) is 13.1 Å². The van der Waals surface area contributed by atoms with E-state index in [9.17, 15) is 10.2 Å². The summed E-state index contributed by atoms with van der Waals surface area (Å²) >= 11 is 0. The zero-order valence-corrected chi connectivity index (χ0v) is 46.7. The average Bonchev–Trinajstić information content (AvgIpc) is 3.26. The van der Waals surface area contributed by atoms with Gasteiger partial charge in [-0.3, -0.25) is 9.59 Å². The molecule has 388 valence electrons. The second-order valence-electron chi connectivity index (χ2n) is 31.4. The Labute approximate surface area is 421 Å². The zero-order valence-electron chi connectivity index (χ0n) is 46.7. The monoisotopic (exact) mass is 951 g/mol. The standard InChI is InChI=1S/C63H102N2O4/c1-52(2)28-32-62(34-30-58(11)40(42(62)38-52)16-18-46-56(9)24-22-48(66)54(5,6)44(56)20-26-60(46,58)13)50(68)64-36-15-37-65-51(69)63-33-29-53(3,4)39-43(63)41-17-19-47-57(10)25-23-49(67)55(7,8)45(57)21-27-61(47,14)59(41,12)31-35-63/h16-17,42-49,66-67H,15,18-39H2,1-14H3,(H,64,68)(H,65,69)/t42-,43-,44-,45-,46+,47+,48-,49-,56-,57-,58+,59+,60+,61+,62-,63-/m0/s1. The highest BCUT2D eigenvalue weighted by molar-refractivity contribution is 5.85. The van der Waals surface area contributed by atoms with Crippen LogP contribution in [0.3, 0.4) is 0 Å². The van der Waals surface area contributed by atoms with Gasteiger partial charge in [-0.1, -0.05) is 120 Å². The fraction of sp³-hybridized carbons (Fsp3) is 0.905. The van der Waals surface area contributed by atoms with Crippen molar-refractivity contribution in [2.45, 2.75) is 244 Å². The van der Waals surface area contributed by atoms with Crippen molar-refractivity contribution < 1.29 is 19.8 Å². The molecule has 2 amide bonds. The highest BCUT2D eigenvalue weighted by atomic mass is 16.3. The van der Waals surface area contributed by atoms with Crippen molar-refractivity contribution in [3.05, 3.63) is 23.3 Å². The highest BCUT2D eigenvalue weighted by Crippen LogP contribution is 2.78. The quantitative estimate of drug-likeness (QED) is 0.157. The normalized spacial score (nSPS) is 50.8. The van der Waals surface area contributed by atoms with Crippen LogP contribution in [0.4, 0.5) is 0 Å². The van der Waals surface area contributed by atoms with Crippen LogP contribution in [0.25, 0.3) is 0 Å². The van der Waals surface area contributed by atoms with Gasteiger partial charge < -0.3 is 20.8 Å². The van der Waals surface area contributed by atoms with Gasteiger partial charge in [-0.15, -0.1) is 0 Å². The predicted octanol–water partition coefficient (Wildman–Crippen LogP) is 13.9. The van der Waals surface area contributed by atoms with Gasteiger partial charge in [0.2, 0.25) is 11.8 Å². The summed E-state index contributed by atoms with van der Waals surface area (Å²) in [6, 6.07) is 0. The third-order valence-corrected chi connectivity index (χ3v) is 27.1. The van der Waals surface area contributed by atoms with Gasteiger partial charge in [0.15, 0.2) is 0 Å². The molecule has 0 radical (unpaired) electrons. The SMILES string of the molecule is CC1(C)CC[C@]2(C(=O)NCCCNC(=O)[C@]34CCC(C)(C)C[C@H]3C3=CC[C@@H]5[C@@]6(C)CC[C@H](O)C(C)(C)[C@@H]6CC[C@@]5(C)[C@]3(C)CC4)CC[C@]3(C)C(=CC[C@@H]4[C@@]5(C)CC[C@H](O)C(C)(C)[C@@H]5CC[C@]43C)[C@@H]2C1. The van der Waals surface area contributed by atoms with Crippen molar-refractivity contribution in [1.29, 1.82) is 0 Å². The summed E-state index contributed by atoms with van der Waals surface area (Å²) in [5, 5.41) is 29.6. The Morgan fingerprint density at radius 2 is 0.841 bits per heavy atom. The summed E-state index contributed by atoms with van der Waals surface area (Å²) in [7, 11) is 0. The number of amides is 2. The first-order valence-electron chi connectivity index (χ1n) is 29.3. The van der Waals surface area contributed by atoms with Gasteiger partial charge in [0.1, 0.15) is 0 Å². The van der Waals surface area contributed by atoms with Gasteiger partial charge in [-0.2, -0.15) is 0 Å². The fourth-order valence-electron chi connectivity index (χ4n) is 22.1. The van der Waals surface area contributed by atoms with Crippen molar-refractivity contribution in [3.8, 4) is 0 Å². The lowest BCUT2D eigenvalue weighted by Crippen LogP contribution is -2.65. The molecule has 6 heteroatoms. The first-order valence-corrected chi connectivity index (χ1v) is 29.3. The van der Waals surface area contributed by atoms with Crippen LogP contribution in [-0.4, -0.2) is 47.3 Å². The minimum absolute atomic E-state index is 0.0592. The molecule has 8 fully saturated rings. The van der Waals surface area contributed by atoms with E-state index in [1.165, 1.54) is 25.7 Å². The summed E-state index contributed by atoms with van der Waals surface area (Å²) < 4.78 is 0. The van der Waals surface area contributed by atoms with Gasteiger partial charge in [0.05, 0.1) is 23.0 Å². The first kappa shape index (κ1) is 50.9. The molecule has 0 aromatic heterocycles. The van der Waals surface area contributed by atoms with E-state index in [2.05, 4.69) is 120 Å². The molecule has 0 aliphatic heterocycles. The largest absolute Gasteiger partial charge is 0.393 e. The summed E-state index contributed by atoms with van der Waals surface area (Å²) in [6.07, 6.45) is 27.1. The van der Waals surface area contributed by atoms with Crippen molar-refractivity contribution in [3.63, 3.8) is 0 Å². The Morgan fingerprint density at radius 1 is 0.478 bits per heavy atom. The van der Waals surface area contributed by atoms with Crippen molar-refractivity contribution >= 4 is 11.8 Å². The molecule has 10 aliphatic carbocycles. The first-order chi connectivity index (χ1) is 31.9. The molecule has 0 aromatic carbocycles. The van der Waals surface area contributed by atoms with E-state index in [1.54, 1.807) is 11.1 Å². The molecular weight excluding hydrogens is 849 g/mol. The van der Waals surface area contributed by atoms with Crippen LogP contribution in [0.15, 0.2) is 23.3 Å². The van der Waals surface area contributed by atoms with E-state index in [0.717, 1.165) is 109 Å². The topological polar surface area (TPSA) is 98.7 Å². The lowest BCUT2D eigenvalue weighted by atomic mass is 9.33. The number of rotatable bonds is 6. The molecule has 0 aromatic rings. The van der Waals surface area contributed by atoms with Crippen LogP contribution < -0.4 is 10.6 Å². The molecule has 0 unspecified atom stereocenters. The molecule has 69 heavy (non-hydrogen) atoms. The Bertz CT molecular complexity index is 2000. The maximum absolute atomic E-state index is 15.0. The van der Waals surface area contributed by atoms with E-state index in [0.29, 0.717) is 36.8 Å². The molecule has 0 spiro atoms. The molecule has 8 saturated carbocycles. The lowest BCUT2D eigenvalue weighted by molar-refractivity contribution is -0.203. The molecule has 0 bridgehead atoms.